The molecule has 4 heteroatoms. The van der Waals surface area contributed by atoms with Crippen molar-refractivity contribution in [3.8, 4) is 0 Å². The Hall–Kier alpha value is -0.450. The van der Waals surface area contributed by atoms with Gasteiger partial charge in [0.2, 0.25) is 0 Å². The van der Waals surface area contributed by atoms with Gasteiger partial charge in [0, 0.05) is 17.1 Å². The van der Waals surface area contributed by atoms with Gasteiger partial charge in [-0.1, -0.05) is 15.9 Å². The molecule has 0 spiro atoms. The summed E-state index contributed by atoms with van der Waals surface area (Å²) in [5, 5.41) is 0. The van der Waals surface area contributed by atoms with Gasteiger partial charge in [0.15, 0.2) is 0 Å². The molecule has 84 valence electrons. The minimum Gasteiger partial charge on any atom is -0.383 e. The Morgan fingerprint density at radius 2 is 2.13 bits per heavy atom. The molecule has 0 heterocycles. The average molecular weight is 276 g/mol. The first-order chi connectivity index (χ1) is 6.93. The van der Waals surface area contributed by atoms with E-state index in [1.54, 1.807) is 7.11 Å². The van der Waals surface area contributed by atoms with Crippen molar-refractivity contribution in [2.24, 2.45) is 5.73 Å². The van der Waals surface area contributed by atoms with E-state index < -0.39 is 5.54 Å². The predicted octanol–water partition coefficient (Wildman–Crippen LogP) is 2.49. The first-order valence-electron chi connectivity index (χ1n) is 4.66. The molecule has 0 aromatic heterocycles. The maximum atomic E-state index is 13.1. The van der Waals surface area contributed by atoms with Crippen LogP contribution in [0, 0.1) is 5.82 Å². The minimum atomic E-state index is -0.470. The van der Waals surface area contributed by atoms with E-state index in [-0.39, 0.29) is 5.82 Å². The summed E-state index contributed by atoms with van der Waals surface area (Å²) < 4.78 is 18.8. The van der Waals surface area contributed by atoms with Crippen LogP contribution in [0.3, 0.4) is 0 Å². The summed E-state index contributed by atoms with van der Waals surface area (Å²) in [6.07, 6.45) is 0.581. The summed E-state index contributed by atoms with van der Waals surface area (Å²) in [7, 11) is 1.60. The Morgan fingerprint density at radius 3 is 2.67 bits per heavy atom. The zero-order valence-electron chi connectivity index (χ0n) is 8.89. The summed E-state index contributed by atoms with van der Waals surface area (Å²) in [5.74, 6) is -0.257. The van der Waals surface area contributed by atoms with E-state index >= 15 is 0 Å². The van der Waals surface area contributed by atoms with E-state index in [0.29, 0.717) is 13.0 Å². The van der Waals surface area contributed by atoms with Crippen molar-refractivity contribution in [3.63, 3.8) is 0 Å². The number of hydrogen-bond donors (Lipinski definition) is 1. The van der Waals surface area contributed by atoms with Crippen LogP contribution in [0.2, 0.25) is 0 Å². The number of rotatable bonds is 4. The van der Waals surface area contributed by atoms with E-state index in [0.717, 1.165) is 10.0 Å². The molecular weight excluding hydrogens is 261 g/mol. The van der Waals surface area contributed by atoms with Crippen molar-refractivity contribution in [2.45, 2.75) is 18.9 Å². The first-order valence-corrected chi connectivity index (χ1v) is 5.45. The molecular formula is C11H15BrFNO. The second kappa shape index (κ2) is 5.05. The highest BCUT2D eigenvalue weighted by atomic mass is 79.9. The second-order valence-electron chi connectivity index (χ2n) is 4.04. The molecule has 0 aliphatic heterocycles. The monoisotopic (exact) mass is 275 g/mol. The number of hydrogen-bond acceptors (Lipinski definition) is 2. The molecule has 2 N–H and O–H groups in total. The van der Waals surface area contributed by atoms with E-state index in [1.165, 1.54) is 12.1 Å². The van der Waals surface area contributed by atoms with Crippen molar-refractivity contribution in [1.82, 2.24) is 0 Å². The van der Waals surface area contributed by atoms with E-state index in [2.05, 4.69) is 15.9 Å². The highest BCUT2D eigenvalue weighted by Gasteiger charge is 2.19. The molecule has 0 bridgehead atoms. The van der Waals surface area contributed by atoms with Gasteiger partial charge in [0.25, 0.3) is 0 Å². The smallest absolute Gasteiger partial charge is 0.124 e. The van der Waals surface area contributed by atoms with Crippen LogP contribution in [0.1, 0.15) is 12.5 Å². The molecule has 2 nitrogen and oxygen atoms in total. The Kier molecular flexibility index (Phi) is 4.25. The molecule has 1 aromatic carbocycles. The molecule has 0 saturated heterocycles. The van der Waals surface area contributed by atoms with E-state index in [4.69, 9.17) is 10.5 Å². The molecule has 15 heavy (non-hydrogen) atoms. The summed E-state index contributed by atoms with van der Waals surface area (Å²) in [6.45, 7) is 2.33. The van der Waals surface area contributed by atoms with Gasteiger partial charge >= 0.3 is 0 Å². The van der Waals surface area contributed by atoms with Gasteiger partial charge in [0.05, 0.1) is 6.61 Å². The summed E-state index contributed by atoms with van der Waals surface area (Å²) in [5.41, 5.74) is 6.39. The topological polar surface area (TPSA) is 35.2 Å². The van der Waals surface area contributed by atoms with Crippen LogP contribution in [0.5, 0.6) is 0 Å². The Bertz CT molecular complexity index is 321. The van der Waals surface area contributed by atoms with Crippen LogP contribution >= 0.6 is 15.9 Å². The molecule has 0 fully saturated rings. The molecule has 0 saturated carbocycles. The normalized spacial score (nSPS) is 15.0. The van der Waals surface area contributed by atoms with Crippen molar-refractivity contribution in [1.29, 1.82) is 0 Å². The van der Waals surface area contributed by atoms with Crippen LogP contribution < -0.4 is 5.73 Å². The summed E-state index contributed by atoms with van der Waals surface area (Å²) >= 11 is 3.25. The van der Waals surface area contributed by atoms with Crippen molar-refractivity contribution < 1.29 is 9.13 Å². The molecule has 0 amide bonds. The van der Waals surface area contributed by atoms with Crippen LogP contribution in [-0.4, -0.2) is 19.3 Å². The Balaban J connectivity index is 2.80. The zero-order valence-corrected chi connectivity index (χ0v) is 10.5. The average Bonchev–Trinajstić information content (AvgIpc) is 1.99. The maximum absolute atomic E-state index is 13.1. The third-order valence-corrected chi connectivity index (χ3v) is 2.46. The largest absolute Gasteiger partial charge is 0.383 e. The molecule has 0 aliphatic rings. The van der Waals surface area contributed by atoms with Gasteiger partial charge in [-0.05, 0) is 37.1 Å². The molecule has 1 unspecified atom stereocenters. The van der Waals surface area contributed by atoms with Crippen LogP contribution in [-0.2, 0) is 11.2 Å². The summed E-state index contributed by atoms with van der Waals surface area (Å²) in [4.78, 5) is 0. The predicted molar refractivity (Wildman–Crippen MR) is 62.3 cm³/mol. The first kappa shape index (κ1) is 12.6. The van der Waals surface area contributed by atoms with Gasteiger partial charge in [-0.2, -0.15) is 0 Å². The lowest BCUT2D eigenvalue weighted by Crippen LogP contribution is -2.43. The van der Waals surface area contributed by atoms with E-state index in [9.17, 15) is 4.39 Å². The molecule has 1 aromatic rings. The SMILES string of the molecule is COCC(C)(N)Cc1cc(F)cc(Br)c1. The molecule has 0 radical (unpaired) electrons. The number of ether oxygens (including phenoxy) is 1. The lowest BCUT2D eigenvalue weighted by molar-refractivity contribution is 0.141. The summed E-state index contributed by atoms with van der Waals surface area (Å²) in [6, 6.07) is 4.78. The fourth-order valence-corrected chi connectivity index (χ4v) is 2.07. The number of nitrogens with two attached hydrogens (primary N) is 1. The fourth-order valence-electron chi connectivity index (χ4n) is 1.56. The zero-order chi connectivity index (χ0) is 11.5. The maximum Gasteiger partial charge on any atom is 0.124 e. The Morgan fingerprint density at radius 1 is 1.47 bits per heavy atom. The minimum absolute atomic E-state index is 0.257. The number of halogens is 2. The lowest BCUT2D eigenvalue weighted by atomic mass is 9.95. The highest BCUT2D eigenvalue weighted by Crippen LogP contribution is 2.18. The third-order valence-electron chi connectivity index (χ3n) is 2.00. The number of methoxy groups -OCH3 is 1. The van der Waals surface area contributed by atoms with Gasteiger partial charge in [0.1, 0.15) is 5.82 Å². The number of benzene rings is 1. The molecule has 1 atom stereocenters. The second-order valence-corrected chi connectivity index (χ2v) is 4.96. The van der Waals surface area contributed by atoms with Crippen molar-refractivity contribution >= 4 is 15.9 Å². The van der Waals surface area contributed by atoms with Gasteiger partial charge in [-0.15, -0.1) is 0 Å². The molecule has 1 rings (SSSR count). The van der Waals surface area contributed by atoms with Crippen LogP contribution in [0.15, 0.2) is 22.7 Å². The van der Waals surface area contributed by atoms with Crippen LogP contribution in [0.4, 0.5) is 4.39 Å². The van der Waals surface area contributed by atoms with Gasteiger partial charge < -0.3 is 10.5 Å². The van der Waals surface area contributed by atoms with Gasteiger partial charge in [-0.3, -0.25) is 0 Å². The molecule has 0 aliphatic carbocycles. The van der Waals surface area contributed by atoms with Gasteiger partial charge in [-0.25, -0.2) is 4.39 Å². The highest BCUT2D eigenvalue weighted by molar-refractivity contribution is 9.10. The van der Waals surface area contributed by atoms with Crippen molar-refractivity contribution in [3.05, 3.63) is 34.1 Å². The third kappa shape index (κ3) is 4.28. The Labute approximate surface area is 97.7 Å². The quantitative estimate of drug-likeness (QED) is 0.917. The van der Waals surface area contributed by atoms with E-state index in [1.807, 2.05) is 13.0 Å². The van der Waals surface area contributed by atoms with Crippen molar-refractivity contribution in [2.75, 3.05) is 13.7 Å². The fraction of sp³-hybridized carbons (Fsp3) is 0.455. The van der Waals surface area contributed by atoms with Crippen LogP contribution in [0.25, 0.3) is 0 Å². The lowest BCUT2D eigenvalue weighted by Gasteiger charge is -2.23. The standard InChI is InChI=1S/C11H15BrFNO/c1-11(14,7-15-2)6-8-3-9(12)5-10(13)4-8/h3-5H,6-7,14H2,1-2H3.